The summed E-state index contributed by atoms with van der Waals surface area (Å²) in [5, 5.41) is 2.90. The van der Waals surface area contributed by atoms with Crippen molar-refractivity contribution in [2.75, 3.05) is 51.3 Å². The third kappa shape index (κ3) is 4.49. The van der Waals surface area contributed by atoms with Gasteiger partial charge >= 0.3 is 0 Å². The van der Waals surface area contributed by atoms with Crippen LogP contribution < -0.4 is 15.0 Å². The third-order valence-electron chi connectivity index (χ3n) is 4.59. The largest absolute Gasteiger partial charge is 0.495 e. The summed E-state index contributed by atoms with van der Waals surface area (Å²) in [6, 6.07) is 7.48. The van der Waals surface area contributed by atoms with E-state index >= 15 is 0 Å². The Morgan fingerprint density at radius 2 is 2.20 bits per heavy atom. The van der Waals surface area contributed by atoms with Crippen molar-refractivity contribution >= 4 is 17.5 Å². The van der Waals surface area contributed by atoms with Gasteiger partial charge in [-0.05, 0) is 25.0 Å². The Bertz CT molecular complexity index is 616. The number of rotatable bonds is 6. The Hall–Kier alpha value is -2.12. The van der Waals surface area contributed by atoms with Crippen molar-refractivity contribution in [3.63, 3.8) is 0 Å². The van der Waals surface area contributed by atoms with Crippen LogP contribution in [0.5, 0.6) is 5.75 Å². The van der Waals surface area contributed by atoms with E-state index in [0.29, 0.717) is 25.4 Å². The topological polar surface area (TPSA) is 71.1 Å². The highest BCUT2D eigenvalue weighted by Gasteiger charge is 2.28. The summed E-state index contributed by atoms with van der Waals surface area (Å²) in [4.78, 5) is 28.2. The number of piperazine rings is 1. The van der Waals surface area contributed by atoms with Crippen LogP contribution in [-0.4, -0.2) is 69.3 Å². The van der Waals surface area contributed by atoms with Crippen LogP contribution in [0.4, 0.5) is 5.69 Å². The molecule has 0 aromatic heterocycles. The van der Waals surface area contributed by atoms with Gasteiger partial charge in [0, 0.05) is 26.2 Å². The highest BCUT2D eigenvalue weighted by molar-refractivity contribution is 5.97. The Morgan fingerprint density at radius 3 is 2.92 bits per heavy atom. The fraction of sp³-hybridized carbons (Fsp3) is 0.556. The lowest BCUT2D eigenvalue weighted by atomic mass is 10.2. The second kappa shape index (κ2) is 8.31. The van der Waals surface area contributed by atoms with Crippen LogP contribution >= 0.6 is 0 Å². The lowest BCUT2D eigenvalue weighted by molar-refractivity contribution is -0.125. The second-order valence-electron chi connectivity index (χ2n) is 6.37. The van der Waals surface area contributed by atoms with Gasteiger partial charge in [-0.2, -0.15) is 0 Å². The van der Waals surface area contributed by atoms with E-state index in [9.17, 15) is 9.59 Å². The number of amides is 2. The van der Waals surface area contributed by atoms with E-state index in [1.807, 2.05) is 29.2 Å². The summed E-state index contributed by atoms with van der Waals surface area (Å²) in [5.41, 5.74) is 0.775. The van der Waals surface area contributed by atoms with Crippen molar-refractivity contribution in [2.24, 2.45) is 0 Å². The number of methoxy groups -OCH3 is 1. The van der Waals surface area contributed by atoms with E-state index < -0.39 is 0 Å². The van der Waals surface area contributed by atoms with E-state index in [4.69, 9.17) is 9.47 Å². The summed E-state index contributed by atoms with van der Waals surface area (Å²) in [6.07, 6.45) is 2.18. The molecule has 136 valence electrons. The van der Waals surface area contributed by atoms with Crippen LogP contribution in [0.3, 0.4) is 0 Å². The van der Waals surface area contributed by atoms with Crippen molar-refractivity contribution in [3.05, 3.63) is 24.3 Å². The zero-order chi connectivity index (χ0) is 17.6. The molecule has 7 nitrogen and oxygen atoms in total. The second-order valence-corrected chi connectivity index (χ2v) is 6.37. The first-order chi connectivity index (χ1) is 12.2. The number of hydrogen-bond donors (Lipinski definition) is 1. The highest BCUT2D eigenvalue weighted by atomic mass is 16.5. The van der Waals surface area contributed by atoms with Gasteiger partial charge in [0.25, 0.3) is 0 Å². The average Bonchev–Trinajstić information content (AvgIpc) is 3.14. The normalized spacial score (nSPS) is 21.4. The van der Waals surface area contributed by atoms with E-state index in [0.717, 1.165) is 25.1 Å². The van der Waals surface area contributed by atoms with Gasteiger partial charge in [-0.15, -0.1) is 0 Å². The number of carbonyl (C=O) groups is 2. The van der Waals surface area contributed by atoms with Crippen LogP contribution in [0.1, 0.15) is 12.8 Å². The quantitative estimate of drug-likeness (QED) is 0.818. The van der Waals surface area contributed by atoms with Crippen LogP contribution in [0.15, 0.2) is 24.3 Å². The zero-order valence-electron chi connectivity index (χ0n) is 14.6. The molecule has 0 spiro atoms. The summed E-state index contributed by atoms with van der Waals surface area (Å²) in [6.45, 7) is 2.98. The lowest BCUT2D eigenvalue weighted by Gasteiger charge is -2.34. The van der Waals surface area contributed by atoms with Crippen molar-refractivity contribution in [2.45, 2.75) is 18.9 Å². The molecular weight excluding hydrogens is 322 g/mol. The predicted molar refractivity (Wildman–Crippen MR) is 93.8 cm³/mol. The smallest absolute Gasteiger partial charge is 0.241 e. The molecule has 0 saturated carbocycles. The van der Waals surface area contributed by atoms with Crippen molar-refractivity contribution in [3.8, 4) is 5.75 Å². The molecule has 2 aliphatic rings. The van der Waals surface area contributed by atoms with Gasteiger partial charge in [0.2, 0.25) is 11.8 Å². The average molecular weight is 347 g/mol. The highest BCUT2D eigenvalue weighted by Crippen LogP contribution is 2.28. The molecule has 3 rings (SSSR count). The van der Waals surface area contributed by atoms with Crippen LogP contribution in [0.2, 0.25) is 0 Å². The number of ether oxygens (including phenoxy) is 2. The predicted octanol–water partition coefficient (Wildman–Crippen LogP) is 0.639. The summed E-state index contributed by atoms with van der Waals surface area (Å²) >= 11 is 0. The summed E-state index contributed by atoms with van der Waals surface area (Å²) < 4.78 is 10.8. The molecule has 2 heterocycles. The van der Waals surface area contributed by atoms with Crippen molar-refractivity contribution in [1.29, 1.82) is 0 Å². The Labute approximate surface area is 147 Å². The van der Waals surface area contributed by atoms with Gasteiger partial charge in [0.05, 0.1) is 32.0 Å². The number of carbonyl (C=O) groups excluding carboxylic acids is 2. The van der Waals surface area contributed by atoms with Crippen molar-refractivity contribution in [1.82, 2.24) is 10.2 Å². The molecule has 2 fully saturated rings. The van der Waals surface area contributed by atoms with Gasteiger partial charge in [-0.1, -0.05) is 12.1 Å². The van der Waals surface area contributed by atoms with Gasteiger partial charge < -0.3 is 19.7 Å². The van der Waals surface area contributed by atoms with Crippen LogP contribution in [0.25, 0.3) is 0 Å². The van der Waals surface area contributed by atoms with Crippen molar-refractivity contribution < 1.29 is 19.1 Å². The summed E-state index contributed by atoms with van der Waals surface area (Å²) in [5.74, 6) is 0.593. The third-order valence-corrected chi connectivity index (χ3v) is 4.59. The first kappa shape index (κ1) is 17.7. The maximum Gasteiger partial charge on any atom is 0.241 e. The zero-order valence-corrected chi connectivity index (χ0v) is 14.6. The van der Waals surface area contributed by atoms with Gasteiger partial charge in [-0.3, -0.25) is 14.5 Å². The fourth-order valence-corrected chi connectivity index (χ4v) is 3.26. The van der Waals surface area contributed by atoms with Crippen LogP contribution in [-0.2, 0) is 14.3 Å². The minimum absolute atomic E-state index is 0.0253. The molecule has 7 heteroatoms. The first-order valence-corrected chi connectivity index (χ1v) is 8.71. The standard InChI is InChI=1S/C18H25N3O4/c1-24-16-7-3-2-6-15(16)21-9-8-20(13-18(21)23)12-17(22)19-11-14-5-4-10-25-14/h2-3,6-7,14H,4-5,8-13H2,1H3,(H,19,22)/t14-/m1/s1. The monoisotopic (exact) mass is 347 g/mol. The maximum atomic E-state index is 12.5. The number of hydrogen-bond acceptors (Lipinski definition) is 5. The number of nitrogens with one attached hydrogen (secondary N) is 1. The fourth-order valence-electron chi connectivity index (χ4n) is 3.26. The molecule has 2 aliphatic heterocycles. The number of para-hydroxylation sites is 2. The molecule has 2 saturated heterocycles. The summed E-state index contributed by atoms with van der Waals surface area (Å²) in [7, 11) is 1.60. The molecule has 2 amide bonds. The molecule has 1 N–H and O–H groups in total. The molecular formula is C18H25N3O4. The molecule has 1 aromatic carbocycles. The molecule has 1 aromatic rings. The molecule has 0 unspecified atom stereocenters. The number of nitrogens with zero attached hydrogens (tertiary/aromatic N) is 2. The minimum Gasteiger partial charge on any atom is -0.495 e. The van der Waals surface area contributed by atoms with Gasteiger partial charge in [-0.25, -0.2) is 0 Å². The van der Waals surface area contributed by atoms with Gasteiger partial charge in [0.1, 0.15) is 5.75 Å². The minimum atomic E-state index is -0.0611. The number of benzene rings is 1. The van der Waals surface area contributed by atoms with E-state index in [1.165, 1.54) is 0 Å². The molecule has 1 atom stereocenters. The van der Waals surface area contributed by atoms with Gasteiger partial charge in [0.15, 0.2) is 0 Å². The molecule has 25 heavy (non-hydrogen) atoms. The van der Waals surface area contributed by atoms with E-state index in [1.54, 1.807) is 12.0 Å². The Kier molecular flexibility index (Phi) is 5.88. The van der Waals surface area contributed by atoms with Crippen LogP contribution in [0, 0.1) is 0 Å². The maximum absolute atomic E-state index is 12.5. The first-order valence-electron chi connectivity index (χ1n) is 8.71. The number of anilines is 1. The molecule has 0 aliphatic carbocycles. The Balaban J connectivity index is 1.49. The molecule has 0 bridgehead atoms. The van der Waals surface area contributed by atoms with E-state index in [2.05, 4.69) is 5.32 Å². The molecule has 0 radical (unpaired) electrons. The lowest BCUT2D eigenvalue weighted by Crippen LogP contribution is -2.53. The Morgan fingerprint density at radius 1 is 1.36 bits per heavy atom. The SMILES string of the molecule is COc1ccccc1N1CCN(CC(=O)NC[C@H]2CCCO2)CC1=O. The van der Waals surface area contributed by atoms with E-state index in [-0.39, 0.29) is 31.0 Å².